The summed E-state index contributed by atoms with van der Waals surface area (Å²) in [5, 5.41) is 13.1. The van der Waals surface area contributed by atoms with Gasteiger partial charge in [0.15, 0.2) is 16.7 Å². The third kappa shape index (κ3) is 6.01. The Morgan fingerprint density at radius 3 is 2.41 bits per heavy atom. The molecule has 1 N–H and O–H groups in total. The molecule has 0 bridgehead atoms. The van der Waals surface area contributed by atoms with E-state index < -0.39 is 6.04 Å². The summed E-state index contributed by atoms with van der Waals surface area (Å²) in [6.45, 7) is 4.16. The first-order chi connectivity index (χ1) is 18.1. The van der Waals surface area contributed by atoms with Gasteiger partial charge >= 0.3 is 0 Å². The van der Waals surface area contributed by atoms with Crippen LogP contribution < -0.4 is 5.32 Å². The zero-order valence-corrected chi connectivity index (χ0v) is 21.6. The van der Waals surface area contributed by atoms with E-state index in [-0.39, 0.29) is 11.7 Å². The minimum atomic E-state index is -0.429. The second kappa shape index (κ2) is 11.3. The van der Waals surface area contributed by atoms with E-state index in [0.29, 0.717) is 12.2 Å². The van der Waals surface area contributed by atoms with Gasteiger partial charge in [0.05, 0.1) is 12.3 Å². The number of nitrogens with zero attached hydrogens (tertiary/aromatic N) is 3. The Hall–Kier alpha value is -4.10. The van der Waals surface area contributed by atoms with E-state index in [0.717, 1.165) is 22.2 Å². The van der Waals surface area contributed by atoms with Crippen LogP contribution in [0.1, 0.15) is 44.7 Å². The molecule has 5 aromatic rings. The predicted molar refractivity (Wildman–Crippen MR) is 146 cm³/mol. The van der Waals surface area contributed by atoms with Gasteiger partial charge < -0.3 is 9.73 Å². The van der Waals surface area contributed by atoms with Crippen LogP contribution in [0.2, 0.25) is 0 Å². The molecular formula is C30H28N4O2S. The predicted octanol–water partition coefficient (Wildman–Crippen LogP) is 6.48. The Morgan fingerprint density at radius 1 is 0.892 bits per heavy atom. The van der Waals surface area contributed by atoms with Gasteiger partial charge in [-0.15, -0.1) is 10.2 Å². The minimum Gasteiger partial charge on any atom is -0.459 e. The molecule has 1 amide bonds. The van der Waals surface area contributed by atoms with Gasteiger partial charge in [0.25, 0.3) is 5.91 Å². The number of amides is 1. The highest BCUT2D eigenvalue weighted by atomic mass is 32.2. The Bertz CT molecular complexity index is 1460. The number of thioether (sulfide) groups is 1. The van der Waals surface area contributed by atoms with Crippen LogP contribution in [-0.4, -0.2) is 20.7 Å². The standard InChI is InChI=1S/C30H28N4O2S/c1-21-13-15-25(16-14-21)34-28(32-33-30(34)37-20-24-11-6-8-22(2)18-24)26(19-23-9-4-3-5-10-23)31-29(35)27-12-7-17-36-27/h3-18,26H,19-20H2,1-2H3,(H,31,35). The third-order valence-corrected chi connectivity index (χ3v) is 7.05. The zero-order chi connectivity index (χ0) is 25.6. The Balaban J connectivity index is 1.53. The van der Waals surface area contributed by atoms with Crippen molar-refractivity contribution in [1.29, 1.82) is 0 Å². The lowest BCUT2D eigenvalue weighted by Gasteiger charge is -2.20. The molecule has 37 heavy (non-hydrogen) atoms. The second-order valence-corrected chi connectivity index (χ2v) is 9.93. The van der Waals surface area contributed by atoms with Gasteiger partial charge in [-0.25, -0.2) is 0 Å². The van der Waals surface area contributed by atoms with Crippen molar-refractivity contribution in [2.75, 3.05) is 0 Å². The SMILES string of the molecule is Cc1ccc(-n2c(SCc3cccc(C)c3)nnc2C(Cc2ccccc2)NC(=O)c2ccco2)cc1. The number of rotatable bonds is 9. The summed E-state index contributed by atoms with van der Waals surface area (Å²) in [6.07, 6.45) is 2.05. The maximum atomic E-state index is 13.1. The second-order valence-electron chi connectivity index (χ2n) is 8.98. The smallest absolute Gasteiger partial charge is 0.287 e. The van der Waals surface area contributed by atoms with Crippen LogP contribution in [0.5, 0.6) is 0 Å². The molecule has 0 fully saturated rings. The fourth-order valence-electron chi connectivity index (χ4n) is 4.18. The molecule has 1 unspecified atom stereocenters. The number of hydrogen-bond acceptors (Lipinski definition) is 5. The number of carbonyl (C=O) groups excluding carboxylic acids is 1. The summed E-state index contributed by atoms with van der Waals surface area (Å²) in [4.78, 5) is 13.1. The van der Waals surface area contributed by atoms with E-state index in [4.69, 9.17) is 4.42 Å². The van der Waals surface area contributed by atoms with E-state index in [1.807, 2.05) is 30.3 Å². The van der Waals surface area contributed by atoms with Gasteiger partial charge in [0, 0.05) is 11.4 Å². The number of furan rings is 1. The van der Waals surface area contributed by atoms with Crippen LogP contribution in [0.3, 0.4) is 0 Å². The molecule has 186 valence electrons. The van der Waals surface area contributed by atoms with Crippen LogP contribution in [0.25, 0.3) is 5.69 Å². The molecule has 6 nitrogen and oxygen atoms in total. The van der Waals surface area contributed by atoms with E-state index in [9.17, 15) is 4.79 Å². The van der Waals surface area contributed by atoms with Gasteiger partial charge in [-0.05, 0) is 55.7 Å². The summed E-state index contributed by atoms with van der Waals surface area (Å²) in [6, 6.07) is 29.7. The lowest BCUT2D eigenvalue weighted by Crippen LogP contribution is -2.31. The van der Waals surface area contributed by atoms with E-state index in [1.165, 1.54) is 23.0 Å². The Morgan fingerprint density at radius 2 is 1.68 bits per heavy atom. The maximum Gasteiger partial charge on any atom is 0.287 e. The average Bonchev–Trinajstić information content (AvgIpc) is 3.59. The van der Waals surface area contributed by atoms with E-state index in [2.05, 4.69) is 82.5 Å². The van der Waals surface area contributed by atoms with Crippen LogP contribution in [0.4, 0.5) is 0 Å². The van der Waals surface area contributed by atoms with Gasteiger partial charge in [0.2, 0.25) is 0 Å². The molecule has 0 aliphatic carbocycles. The molecule has 2 heterocycles. The monoisotopic (exact) mass is 508 g/mol. The topological polar surface area (TPSA) is 73.0 Å². The van der Waals surface area contributed by atoms with Gasteiger partial charge in [0.1, 0.15) is 0 Å². The number of hydrogen-bond donors (Lipinski definition) is 1. The highest BCUT2D eigenvalue weighted by Crippen LogP contribution is 2.29. The number of carbonyl (C=O) groups is 1. The quantitative estimate of drug-likeness (QED) is 0.231. The first kappa shape index (κ1) is 24.6. The molecule has 3 aromatic carbocycles. The lowest BCUT2D eigenvalue weighted by atomic mass is 10.0. The van der Waals surface area contributed by atoms with Crippen molar-refractivity contribution in [2.24, 2.45) is 0 Å². The lowest BCUT2D eigenvalue weighted by molar-refractivity contribution is 0.0906. The number of aryl methyl sites for hydroxylation is 2. The van der Waals surface area contributed by atoms with Crippen molar-refractivity contribution in [3.05, 3.63) is 131 Å². The van der Waals surface area contributed by atoms with Crippen molar-refractivity contribution < 1.29 is 9.21 Å². The van der Waals surface area contributed by atoms with Crippen molar-refractivity contribution >= 4 is 17.7 Å². The van der Waals surface area contributed by atoms with E-state index >= 15 is 0 Å². The molecule has 2 aromatic heterocycles. The van der Waals surface area contributed by atoms with E-state index in [1.54, 1.807) is 23.9 Å². The summed E-state index contributed by atoms with van der Waals surface area (Å²) in [5.41, 5.74) is 5.64. The fraction of sp³-hybridized carbons (Fsp3) is 0.167. The maximum absolute atomic E-state index is 13.1. The van der Waals surface area contributed by atoms with Crippen molar-refractivity contribution in [2.45, 2.75) is 37.2 Å². The minimum absolute atomic E-state index is 0.258. The molecule has 0 saturated heterocycles. The Kier molecular flexibility index (Phi) is 7.51. The van der Waals surface area contributed by atoms with Gasteiger partial charge in [-0.2, -0.15) is 0 Å². The molecule has 0 spiro atoms. The average molecular weight is 509 g/mol. The highest BCUT2D eigenvalue weighted by Gasteiger charge is 2.26. The fourth-order valence-corrected chi connectivity index (χ4v) is 5.08. The van der Waals surface area contributed by atoms with Crippen molar-refractivity contribution in [3.8, 4) is 5.69 Å². The van der Waals surface area contributed by atoms with Gasteiger partial charge in [-0.3, -0.25) is 9.36 Å². The summed E-state index contributed by atoms with van der Waals surface area (Å²) in [5.74, 6) is 1.39. The van der Waals surface area contributed by atoms with Crippen LogP contribution in [0.15, 0.2) is 107 Å². The highest BCUT2D eigenvalue weighted by molar-refractivity contribution is 7.98. The molecule has 0 radical (unpaired) electrons. The molecule has 0 saturated carbocycles. The molecule has 0 aliphatic rings. The van der Waals surface area contributed by atoms with Crippen LogP contribution in [-0.2, 0) is 12.2 Å². The molecule has 0 aliphatic heterocycles. The van der Waals surface area contributed by atoms with Crippen LogP contribution in [0, 0.1) is 13.8 Å². The first-order valence-corrected chi connectivity index (χ1v) is 13.1. The summed E-state index contributed by atoms with van der Waals surface area (Å²) in [7, 11) is 0. The van der Waals surface area contributed by atoms with Crippen molar-refractivity contribution in [3.63, 3.8) is 0 Å². The zero-order valence-electron chi connectivity index (χ0n) is 20.8. The van der Waals surface area contributed by atoms with Gasteiger partial charge in [-0.1, -0.05) is 89.6 Å². The molecule has 5 rings (SSSR count). The normalized spacial score (nSPS) is 11.8. The first-order valence-electron chi connectivity index (χ1n) is 12.2. The molecule has 7 heteroatoms. The Labute approximate surface area is 220 Å². The van der Waals surface area contributed by atoms with Crippen LogP contribution >= 0.6 is 11.8 Å². The molecule has 1 atom stereocenters. The largest absolute Gasteiger partial charge is 0.459 e. The molecular weight excluding hydrogens is 480 g/mol. The number of nitrogens with one attached hydrogen (secondary N) is 1. The number of aromatic nitrogens is 3. The number of benzene rings is 3. The van der Waals surface area contributed by atoms with Crippen molar-refractivity contribution in [1.82, 2.24) is 20.1 Å². The summed E-state index contributed by atoms with van der Waals surface area (Å²) < 4.78 is 7.41. The third-order valence-electron chi connectivity index (χ3n) is 6.05. The summed E-state index contributed by atoms with van der Waals surface area (Å²) >= 11 is 1.63.